The van der Waals surface area contributed by atoms with Crippen molar-refractivity contribution < 1.29 is 4.57 Å². The van der Waals surface area contributed by atoms with E-state index in [1.165, 1.54) is 7.05 Å². The third-order valence-electron chi connectivity index (χ3n) is 0.411. The summed E-state index contributed by atoms with van der Waals surface area (Å²) >= 11 is 0. The van der Waals surface area contributed by atoms with E-state index in [9.17, 15) is 4.57 Å². The predicted octanol–water partition coefficient (Wildman–Crippen LogP) is 3.38. The average molecular weight is 234 g/mol. The summed E-state index contributed by atoms with van der Waals surface area (Å²) in [4.78, 5) is 5.74. The molecule has 0 saturated carbocycles. The van der Waals surface area contributed by atoms with Crippen LogP contribution in [0.5, 0.6) is 0 Å². The fourth-order valence-electron chi connectivity index (χ4n) is 0.170. The second-order valence-corrected chi connectivity index (χ2v) is 9.55. The molecule has 0 aromatic rings. The van der Waals surface area contributed by atoms with Gasteiger partial charge in [0.25, 0.3) is 6.29 Å². The maximum atomic E-state index is 10.6. The summed E-state index contributed by atoms with van der Waals surface area (Å²) in [7, 11) is -0.224. The van der Waals surface area contributed by atoms with Crippen LogP contribution in [0.15, 0.2) is 0 Å². The number of nitrogens with zero attached hydrogens (tertiary/aromatic N) is 2. The fourth-order valence-corrected chi connectivity index (χ4v) is 0.511. The number of hydrogen-bond acceptors (Lipinski definition) is 1. The van der Waals surface area contributed by atoms with Crippen LogP contribution >= 0.6 is 15.1 Å². The van der Waals surface area contributed by atoms with E-state index in [4.69, 9.17) is 13.1 Å². The molecular formula is C9H20N2OP2. The largest absolute Gasteiger partial charge is 0.320 e. The van der Waals surface area contributed by atoms with Gasteiger partial charge in [0.1, 0.15) is 0 Å². The minimum atomic E-state index is -2.02. The Balaban J connectivity index is -0.000000147. The van der Waals surface area contributed by atoms with Crippen LogP contribution in [0.4, 0.5) is 0 Å². The second kappa shape index (κ2) is 12.6. The first kappa shape index (κ1) is 19.2. The first-order chi connectivity index (χ1) is 6.21. The molecule has 0 unspecified atom stereocenters. The normalized spacial score (nSPS) is 8.36. The van der Waals surface area contributed by atoms with Crippen molar-refractivity contribution in [2.45, 2.75) is 0 Å². The Hall–Kier alpha value is -0.360. The molecule has 0 spiro atoms. The molecule has 0 aromatic carbocycles. The molecule has 3 nitrogen and oxygen atoms in total. The molecule has 0 heterocycles. The van der Waals surface area contributed by atoms with Gasteiger partial charge in [-0.25, -0.2) is 13.1 Å². The molecule has 0 aliphatic rings. The molecular weight excluding hydrogens is 214 g/mol. The molecule has 14 heavy (non-hydrogen) atoms. The van der Waals surface area contributed by atoms with Crippen molar-refractivity contribution in [1.82, 2.24) is 0 Å². The van der Waals surface area contributed by atoms with Gasteiger partial charge in [-0.3, -0.25) is 0 Å². The number of hydrogen-bond donors (Lipinski definition) is 0. The summed E-state index contributed by atoms with van der Waals surface area (Å²) in [5.41, 5.74) is 0. The molecule has 82 valence electrons. The summed E-state index contributed by atoms with van der Waals surface area (Å²) in [5, 5.41) is 0. The Kier molecular flexibility index (Phi) is 17.4. The van der Waals surface area contributed by atoms with Crippen molar-refractivity contribution in [3.8, 4) is 0 Å². The zero-order valence-electron chi connectivity index (χ0n) is 9.90. The third-order valence-corrected chi connectivity index (χ3v) is 1.23. The lowest BCUT2D eigenvalue weighted by molar-refractivity contribution is 0.584. The summed E-state index contributed by atoms with van der Waals surface area (Å²) in [6.45, 7) is 22.1. The van der Waals surface area contributed by atoms with Gasteiger partial charge >= 0.3 is 0 Å². The van der Waals surface area contributed by atoms with E-state index in [-0.39, 0.29) is 6.29 Å². The van der Waals surface area contributed by atoms with E-state index < -0.39 is 7.14 Å². The summed E-state index contributed by atoms with van der Waals surface area (Å²) in [5.74, 6) is 0. The molecule has 0 fully saturated rings. The summed E-state index contributed by atoms with van der Waals surface area (Å²) in [6.07, 6.45) is 0.188. The topological polar surface area (TPSA) is 25.8 Å². The molecule has 0 aromatic heterocycles. The van der Waals surface area contributed by atoms with Crippen molar-refractivity contribution >= 4 is 15.1 Å². The van der Waals surface area contributed by atoms with Crippen LogP contribution in [0.2, 0.25) is 0 Å². The molecule has 0 rings (SSSR count). The Morgan fingerprint density at radius 3 is 1.43 bits per heavy atom. The van der Waals surface area contributed by atoms with E-state index in [0.717, 1.165) is 0 Å². The van der Waals surface area contributed by atoms with Gasteiger partial charge in [-0.15, -0.1) is 7.92 Å². The van der Waals surface area contributed by atoms with Gasteiger partial charge in [-0.2, -0.15) is 0 Å². The van der Waals surface area contributed by atoms with Gasteiger partial charge in [0.15, 0.2) is 7.14 Å². The predicted molar refractivity (Wildman–Crippen MR) is 68.1 cm³/mol. The molecule has 5 heteroatoms. The quantitative estimate of drug-likeness (QED) is 0.504. The highest BCUT2D eigenvalue weighted by atomic mass is 31.2. The lowest BCUT2D eigenvalue weighted by Crippen LogP contribution is -1.74. The van der Waals surface area contributed by atoms with Crippen LogP contribution in [0, 0.1) is 13.1 Å². The molecule has 0 amide bonds. The van der Waals surface area contributed by atoms with E-state index in [2.05, 4.69) is 29.7 Å². The lowest BCUT2D eigenvalue weighted by Gasteiger charge is -1.90. The first-order valence-electron chi connectivity index (χ1n) is 3.95. The van der Waals surface area contributed by atoms with Crippen LogP contribution in [0.1, 0.15) is 0 Å². The van der Waals surface area contributed by atoms with Crippen molar-refractivity contribution in [1.29, 1.82) is 0 Å². The van der Waals surface area contributed by atoms with Crippen LogP contribution < -0.4 is 0 Å². The third kappa shape index (κ3) is 99.5. The Morgan fingerprint density at radius 2 is 1.43 bits per heavy atom. The van der Waals surface area contributed by atoms with Crippen LogP contribution in [-0.4, -0.2) is 46.7 Å². The molecule has 0 radical (unpaired) electrons. The molecule has 0 saturated heterocycles. The van der Waals surface area contributed by atoms with E-state index in [1.54, 1.807) is 13.3 Å². The molecule has 0 N–H and O–H groups in total. The summed E-state index contributed by atoms with van der Waals surface area (Å²) in [6, 6.07) is 0. The molecule has 0 aliphatic heterocycles. The highest BCUT2D eigenvalue weighted by molar-refractivity contribution is 7.62. The second-order valence-electron chi connectivity index (χ2n) is 3.44. The zero-order valence-corrected chi connectivity index (χ0v) is 11.7. The van der Waals surface area contributed by atoms with Gasteiger partial charge in [0.05, 0.1) is 0 Å². The highest BCUT2D eigenvalue weighted by Gasteiger charge is 2.07. The lowest BCUT2D eigenvalue weighted by atomic mass is 11.4. The maximum Gasteiger partial charge on any atom is 0.263 e. The van der Waals surface area contributed by atoms with Gasteiger partial charge in [-0.1, -0.05) is 0 Å². The van der Waals surface area contributed by atoms with Crippen molar-refractivity contribution in [2.24, 2.45) is 0 Å². The van der Waals surface area contributed by atoms with Gasteiger partial charge in [-0.05, 0) is 33.3 Å². The standard InChI is InChI=1S/C4H8NOP.C3H9P.C2H3N/c1-5-4-7(2,3)6;1-4(2)3;1-3-2/h4H2,2-3H3;1-3H3;1H3. The van der Waals surface area contributed by atoms with E-state index in [0.29, 0.717) is 7.92 Å². The molecule has 0 aliphatic carbocycles. The van der Waals surface area contributed by atoms with Gasteiger partial charge < -0.3 is 14.3 Å². The van der Waals surface area contributed by atoms with Crippen molar-refractivity contribution in [3.05, 3.63) is 22.8 Å². The Labute approximate surface area is 89.7 Å². The SMILES string of the molecule is CP(C)C.[C-]#[N+]C.[C-]#[N+]CP(C)(C)=O. The van der Waals surface area contributed by atoms with Crippen LogP contribution in [-0.2, 0) is 4.57 Å². The minimum Gasteiger partial charge on any atom is -0.320 e. The average Bonchev–Trinajstić information content (AvgIpc) is 1.83. The fraction of sp³-hybridized carbons (Fsp3) is 0.778. The zero-order chi connectivity index (χ0) is 12.2. The Morgan fingerprint density at radius 1 is 1.21 bits per heavy atom. The smallest absolute Gasteiger partial charge is 0.263 e. The van der Waals surface area contributed by atoms with Crippen LogP contribution in [0.25, 0.3) is 9.69 Å². The monoisotopic (exact) mass is 234 g/mol. The van der Waals surface area contributed by atoms with E-state index in [1.807, 2.05) is 0 Å². The minimum absolute atomic E-state index is 0.188. The number of rotatable bonds is 1. The van der Waals surface area contributed by atoms with Crippen LogP contribution in [0.3, 0.4) is 0 Å². The molecule has 0 atom stereocenters. The summed E-state index contributed by atoms with van der Waals surface area (Å²) < 4.78 is 10.6. The van der Waals surface area contributed by atoms with Gasteiger partial charge in [0, 0.05) is 0 Å². The van der Waals surface area contributed by atoms with Crippen molar-refractivity contribution in [2.75, 3.05) is 46.7 Å². The van der Waals surface area contributed by atoms with Crippen molar-refractivity contribution in [3.63, 3.8) is 0 Å². The molecule has 0 bridgehead atoms. The highest BCUT2D eigenvalue weighted by Crippen LogP contribution is 2.35. The first-order valence-corrected chi connectivity index (χ1v) is 9.42. The Bertz CT molecular complexity index is 229. The maximum absolute atomic E-state index is 10.6. The van der Waals surface area contributed by atoms with E-state index >= 15 is 0 Å². The van der Waals surface area contributed by atoms with Gasteiger partial charge in [0.2, 0.25) is 7.05 Å².